The third-order valence-electron chi connectivity index (χ3n) is 2.97. The summed E-state index contributed by atoms with van der Waals surface area (Å²) >= 11 is 11.9. The molecule has 0 aromatic heterocycles. The van der Waals surface area contributed by atoms with Crippen molar-refractivity contribution in [3.63, 3.8) is 0 Å². The average Bonchev–Trinajstić information content (AvgIpc) is 2.47. The van der Waals surface area contributed by atoms with Crippen molar-refractivity contribution < 1.29 is 0 Å². The molecule has 1 aliphatic rings. The highest BCUT2D eigenvalue weighted by atomic mass is 35.5. The van der Waals surface area contributed by atoms with E-state index in [0.29, 0.717) is 16.1 Å². The first-order valence-electron chi connectivity index (χ1n) is 5.60. The van der Waals surface area contributed by atoms with Crippen molar-refractivity contribution in [1.29, 1.82) is 0 Å². The third-order valence-corrected chi connectivity index (χ3v) is 3.71. The maximum absolute atomic E-state index is 6.03. The number of nitrogens with zero attached hydrogens (tertiary/aromatic N) is 1. The predicted molar refractivity (Wildman–Crippen MR) is 70.8 cm³/mol. The van der Waals surface area contributed by atoms with E-state index in [1.807, 2.05) is 18.2 Å². The smallest absolute Gasteiger partial charge is 0.0612 e. The minimum absolute atomic E-state index is 0.591. The van der Waals surface area contributed by atoms with E-state index >= 15 is 0 Å². The minimum atomic E-state index is 0.591. The van der Waals surface area contributed by atoms with Gasteiger partial charge in [0.2, 0.25) is 0 Å². The molecule has 1 aromatic rings. The number of nitrogens with one attached hydrogen (secondary N) is 1. The Morgan fingerprint density at radius 3 is 2.81 bits per heavy atom. The first-order valence-corrected chi connectivity index (χ1v) is 6.36. The van der Waals surface area contributed by atoms with Crippen LogP contribution in [0.3, 0.4) is 0 Å². The van der Waals surface area contributed by atoms with Gasteiger partial charge in [-0.2, -0.15) is 0 Å². The van der Waals surface area contributed by atoms with Crippen molar-refractivity contribution in [2.24, 2.45) is 0 Å². The van der Waals surface area contributed by atoms with Gasteiger partial charge in [0.05, 0.1) is 10.0 Å². The lowest BCUT2D eigenvalue weighted by Gasteiger charge is -2.22. The zero-order valence-electron chi connectivity index (χ0n) is 9.34. The molecule has 0 saturated carbocycles. The van der Waals surface area contributed by atoms with Crippen LogP contribution < -0.4 is 10.2 Å². The number of halogens is 2. The number of anilines is 1. The lowest BCUT2D eigenvalue weighted by molar-refractivity contribution is 0.566. The molecule has 2 rings (SSSR count). The van der Waals surface area contributed by atoms with Crippen molar-refractivity contribution in [2.75, 3.05) is 24.5 Å². The molecular weight excluding hydrogens is 243 g/mol. The van der Waals surface area contributed by atoms with Crippen molar-refractivity contribution in [3.8, 4) is 0 Å². The number of rotatable bonds is 1. The van der Waals surface area contributed by atoms with Gasteiger partial charge < -0.3 is 10.2 Å². The van der Waals surface area contributed by atoms with Gasteiger partial charge in [-0.05, 0) is 31.5 Å². The Kier molecular flexibility index (Phi) is 3.95. The van der Waals surface area contributed by atoms with Crippen LogP contribution in [-0.4, -0.2) is 25.7 Å². The Balaban J connectivity index is 2.13. The maximum atomic E-state index is 6.03. The summed E-state index contributed by atoms with van der Waals surface area (Å²) in [6.45, 7) is 5.31. The molecule has 2 nitrogen and oxygen atoms in total. The fraction of sp³-hybridized carbons (Fsp3) is 0.500. The minimum Gasteiger partial charge on any atom is -0.370 e. The molecule has 1 saturated heterocycles. The summed E-state index contributed by atoms with van der Waals surface area (Å²) in [6.07, 6.45) is 1.15. The first kappa shape index (κ1) is 12.0. The zero-order valence-corrected chi connectivity index (χ0v) is 10.9. The largest absolute Gasteiger partial charge is 0.370 e. The molecule has 1 atom stereocenters. The molecule has 1 aromatic carbocycles. The van der Waals surface area contributed by atoms with Gasteiger partial charge in [0.1, 0.15) is 0 Å². The second kappa shape index (κ2) is 5.26. The average molecular weight is 259 g/mol. The molecule has 0 bridgehead atoms. The Morgan fingerprint density at radius 1 is 1.25 bits per heavy atom. The van der Waals surface area contributed by atoms with Crippen molar-refractivity contribution in [2.45, 2.75) is 19.4 Å². The van der Waals surface area contributed by atoms with E-state index in [2.05, 4.69) is 17.1 Å². The van der Waals surface area contributed by atoms with Crippen molar-refractivity contribution in [1.82, 2.24) is 5.32 Å². The van der Waals surface area contributed by atoms with E-state index in [1.165, 1.54) is 0 Å². The zero-order chi connectivity index (χ0) is 11.5. The van der Waals surface area contributed by atoms with Gasteiger partial charge in [0, 0.05) is 31.4 Å². The van der Waals surface area contributed by atoms with Crippen LogP contribution in [0, 0.1) is 0 Å². The van der Waals surface area contributed by atoms with Crippen LogP contribution in [-0.2, 0) is 0 Å². The quantitative estimate of drug-likeness (QED) is 0.833. The van der Waals surface area contributed by atoms with Gasteiger partial charge in [-0.1, -0.05) is 23.2 Å². The van der Waals surface area contributed by atoms with Crippen molar-refractivity contribution >= 4 is 28.9 Å². The highest BCUT2D eigenvalue weighted by Gasteiger charge is 2.14. The van der Waals surface area contributed by atoms with Crippen LogP contribution in [0.5, 0.6) is 0 Å². The SMILES string of the molecule is CC1CCN(c2ccc(Cl)c(Cl)c2)CCN1. The van der Waals surface area contributed by atoms with E-state index in [-0.39, 0.29) is 0 Å². The second-order valence-electron chi connectivity index (χ2n) is 4.23. The predicted octanol–water partition coefficient (Wildman–Crippen LogP) is 3.18. The summed E-state index contributed by atoms with van der Waals surface area (Å²) in [4.78, 5) is 2.35. The summed E-state index contributed by atoms with van der Waals surface area (Å²) in [5, 5.41) is 4.72. The van der Waals surface area contributed by atoms with Gasteiger partial charge in [-0.3, -0.25) is 0 Å². The lowest BCUT2D eigenvalue weighted by atomic mass is 10.2. The first-order chi connectivity index (χ1) is 7.66. The van der Waals surface area contributed by atoms with E-state index in [0.717, 1.165) is 31.7 Å². The van der Waals surface area contributed by atoms with Crippen LogP contribution >= 0.6 is 23.2 Å². The molecular formula is C12H16Cl2N2. The van der Waals surface area contributed by atoms with Crippen LogP contribution in [0.2, 0.25) is 10.0 Å². The molecule has 0 amide bonds. The fourth-order valence-electron chi connectivity index (χ4n) is 1.95. The van der Waals surface area contributed by atoms with E-state index in [1.54, 1.807) is 0 Å². The molecule has 1 fully saturated rings. The number of benzene rings is 1. The summed E-state index contributed by atoms with van der Waals surface area (Å²) in [5.41, 5.74) is 1.16. The highest BCUT2D eigenvalue weighted by molar-refractivity contribution is 6.42. The molecule has 1 heterocycles. The van der Waals surface area contributed by atoms with Crippen LogP contribution in [0.25, 0.3) is 0 Å². The van der Waals surface area contributed by atoms with Gasteiger partial charge >= 0.3 is 0 Å². The van der Waals surface area contributed by atoms with Gasteiger partial charge in [0.25, 0.3) is 0 Å². The monoisotopic (exact) mass is 258 g/mol. The van der Waals surface area contributed by atoms with Crippen molar-refractivity contribution in [3.05, 3.63) is 28.2 Å². The summed E-state index contributed by atoms with van der Waals surface area (Å²) in [7, 11) is 0. The number of hydrogen-bond acceptors (Lipinski definition) is 2. The highest BCUT2D eigenvalue weighted by Crippen LogP contribution is 2.27. The number of hydrogen-bond donors (Lipinski definition) is 1. The molecule has 0 radical (unpaired) electrons. The summed E-state index contributed by atoms with van der Waals surface area (Å²) in [5.74, 6) is 0. The Bertz CT molecular complexity index is 368. The maximum Gasteiger partial charge on any atom is 0.0612 e. The van der Waals surface area contributed by atoms with Gasteiger partial charge in [0.15, 0.2) is 0 Å². The lowest BCUT2D eigenvalue weighted by Crippen LogP contribution is -2.28. The van der Waals surface area contributed by atoms with Gasteiger partial charge in [-0.25, -0.2) is 0 Å². The third kappa shape index (κ3) is 2.82. The van der Waals surface area contributed by atoms with E-state index < -0.39 is 0 Å². The van der Waals surface area contributed by atoms with Crippen LogP contribution in [0.15, 0.2) is 18.2 Å². The standard InChI is InChI=1S/C12H16Cl2N2/c1-9-4-6-16(7-5-15-9)10-2-3-11(13)12(14)8-10/h2-3,8-9,15H,4-7H2,1H3. The Morgan fingerprint density at radius 2 is 2.06 bits per heavy atom. The normalized spacial score (nSPS) is 21.9. The molecule has 0 spiro atoms. The molecule has 16 heavy (non-hydrogen) atoms. The topological polar surface area (TPSA) is 15.3 Å². The summed E-state index contributed by atoms with van der Waals surface area (Å²) in [6, 6.07) is 6.43. The van der Waals surface area contributed by atoms with E-state index in [4.69, 9.17) is 23.2 Å². The summed E-state index contributed by atoms with van der Waals surface area (Å²) < 4.78 is 0. The Labute approximate surface area is 107 Å². The van der Waals surface area contributed by atoms with Gasteiger partial charge in [-0.15, -0.1) is 0 Å². The molecule has 1 N–H and O–H groups in total. The molecule has 1 aliphatic heterocycles. The van der Waals surface area contributed by atoms with Crippen LogP contribution in [0.1, 0.15) is 13.3 Å². The van der Waals surface area contributed by atoms with Crippen LogP contribution in [0.4, 0.5) is 5.69 Å². The fourth-order valence-corrected chi connectivity index (χ4v) is 2.24. The molecule has 88 valence electrons. The second-order valence-corrected chi connectivity index (χ2v) is 5.04. The van der Waals surface area contributed by atoms with E-state index in [9.17, 15) is 0 Å². The molecule has 0 aliphatic carbocycles. The Hall–Kier alpha value is -0.440. The molecule has 4 heteroatoms. The molecule has 1 unspecified atom stereocenters.